The number of anilines is 3. The maximum Gasteiger partial charge on any atom is 0.416 e. The molecule has 2 fully saturated rings. The van der Waals surface area contributed by atoms with Crippen molar-refractivity contribution < 1.29 is 21.6 Å². The van der Waals surface area contributed by atoms with Crippen LogP contribution in [0.25, 0.3) is 0 Å². The number of alkyl halides is 3. The molecule has 3 heterocycles. The van der Waals surface area contributed by atoms with Gasteiger partial charge in [-0.15, -0.1) is 0 Å². The van der Waals surface area contributed by atoms with Crippen molar-refractivity contribution in [3.05, 3.63) is 35.9 Å². The first-order valence-electron chi connectivity index (χ1n) is 12.6. The molecule has 0 radical (unpaired) electrons. The second kappa shape index (κ2) is 11.8. The molecule has 0 bridgehead atoms. The molecule has 0 amide bonds. The number of likely N-dealkylation sites (N-methyl/N-ethyl adjacent to an activating group) is 1. The smallest absolute Gasteiger partial charge is 0.369 e. The summed E-state index contributed by atoms with van der Waals surface area (Å²) in [6, 6.07) is 5.71. The van der Waals surface area contributed by atoms with Crippen LogP contribution in [-0.4, -0.2) is 82.7 Å². The summed E-state index contributed by atoms with van der Waals surface area (Å²) in [5, 5.41) is 3.36. The molecule has 0 aliphatic carbocycles. The number of nitrogens with one attached hydrogen (secondary N) is 2. The molecule has 1 aromatic heterocycles. The Morgan fingerprint density at radius 3 is 2.27 bits per heavy atom. The highest BCUT2D eigenvalue weighted by atomic mass is 32.2. The average Bonchev–Trinajstić information content (AvgIpc) is 3.58. The van der Waals surface area contributed by atoms with Crippen molar-refractivity contribution in [1.29, 1.82) is 0 Å². The second-order valence-corrected chi connectivity index (χ2v) is 11.2. The summed E-state index contributed by atoms with van der Waals surface area (Å²) in [6.07, 6.45) is -0.0000878. The van der Waals surface area contributed by atoms with E-state index in [4.69, 9.17) is 9.97 Å². The normalized spacial score (nSPS) is 16.7. The monoisotopic (exact) mass is 541 g/mol. The van der Waals surface area contributed by atoms with E-state index in [2.05, 4.69) is 19.8 Å². The fraction of sp³-hybridized carbons (Fsp3) is 0.583. The summed E-state index contributed by atoms with van der Waals surface area (Å²) in [4.78, 5) is 15.6. The van der Waals surface area contributed by atoms with Crippen molar-refractivity contribution in [2.24, 2.45) is 0 Å². The van der Waals surface area contributed by atoms with Crippen molar-refractivity contribution >= 4 is 27.6 Å². The SMILES string of the molecule is CN(CCNc1cc(N2CCCC2)nc(N2CCCC2)n1)CCNS(=O)(=O)c1cccc(C(F)(F)F)c1. The fourth-order valence-electron chi connectivity index (χ4n) is 4.46. The van der Waals surface area contributed by atoms with E-state index < -0.39 is 26.7 Å². The van der Waals surface area contributed by atoms with E-state index in [0.29, 0.717) is 25.7 Å². The summed E-state index contributed by atoms with van der Waals surface area (Å²) < 4.78 is 66.0. The Balaban J connectivity index is 1.28. The topological polar surface area (TPSA) is 93.7 Å². The summed E-state index contributed by atoms with van der Waals surface area (Å²) in [6.45, 7) is 5.58. The molecule has 13 heteroatoms. The largest absolute Gasteiger partial charge is 0.416 e. The highest BCUT2D eigenvalue weighted by Crippen LogP contribution is 2.30. The lowest BCUT2D eigenvalue weighted by Gasteiger charge is -2.22. The van der Waals surface area contributed by atoms with Gasteiger partial charge in [-0.05, 0) is 50.9 Å². The molecule has 2 aliphatic rings. The lowest BCUT2D eigenvalue weighted by Crippen LogP contribution is -2.35. The van der Waals surface area contributed by atoms with Crippen LogP contribution in [-0.2, 0) is 16.2 Å². The van der Waals surface area contributed by atoms with Crippen molar-refractivity contribution in [1.82, 2.24) is 19.6 Å². The molecule has 0 saturated carbocycles. The zero-order valence-corrected chi connectivity index (χ0v) is 21.8. The van der Waals surface area contributed by atoms with Crippen LogP contribution < -0.4 is 19.8 Å². The molecule has 0 spiro atoms. The lowest BCUT2D eigenvalue weighted by molar-refractivity contribution is -0.137. The first kappa shape index (κ1) is 27.4. The number of halogens is 3. The minimum atomic E-state index is -4.60. The minimum absolute atomic E-state index is 0.0702. The first-order chi connectivity index (χ1) is 17.6. The van der Waals surface area contributed by atoms with Crippen molar-refractivity contribution in [2.75, 3.05) is 74.5 Å². The number of aromatic nitrogens is 2. The number of sulfonamides is 1. The van der Waals surface area contributed by atoms with Crippen molar-refractivity contribution in [3.63, 3.8) is 0 Å². The van der Waals surface area contributed by atoms with Crippen LogP contribution in [0.4, 0.5) is 30.8 Å². The molecule has 9 nitrogen and oxygen atoms in total. The minimum Gasteiger partial charge on any atom is -0.369 e. The summed E-state index contributed by atoms with van der Waals surface area (Å²) >= 11 is 0. The van der Waals surface area contributed by atoms with Crippen LogP contribution in [0.5, 0.6) is 0 Å². The third kappa shape index (κ3) is 7.45. The Morgan fingerprint density at radius 2 is 1.59 bits per heavy atom. The van der Waals surface area contributed by atoms with E-state index in [0.717, 1.165) is 87.6 Å². The van der Waals surface area contributed by atoms with E-state index in [1.54, 1.807) is 0 Å². The van der Waals surface area contributed by atoms with Gasteiger partial charge in [-0.2, -0.15) is 23.1 Å². The van der Waals surface area contributed by atoms with E-state index in [9.17, 15) is 21.6 Å². The van der Waals surface area contributed by atoms with E-state index in [1.807, 2.05) is 18.0 Å². The van der Waals surface area contributed by atoms with Crippen LogP contribution in [0.3, 0.4) is 0 Å². The van der Waals surface area contributed by atoms with Gasteiger partial charge in [0.05, 0.1) is 10.5 Å². The Bertz CT molecular complexity index is 1120. The standard InChI is InChI=1S/C24H34F3N7O2S/c1-32(16-10-29-37(35,36)20-8-6-7-19(17-20)24(25,26)27)15-9-28-21-18-22(33-11-2-3-12-33)31-23(30-21)34-13-4-5-14-34/h6-8,17-18,29H,2-5,9-16H2,1H3,(H,28,30,31). The highest BCUT2D eigenvalue weighted by molar-refractivity contribution is 7.89. The molecule has 2 aromatic rings. The third-order valence-electron chi connectivity index (χ3n) is 6.58. The van der Waals surface area contributed by atoms with Crippen LogP contribution in [0.15, 0.2) is 35.2 Å². The van der Waals surface area contributed by atoms with Gasteiger partial charge in [-0.25, -0.2) is 13.1 Å². The Labute approximate surface area is 216 Å². The van der Waals surface area contributed by atoms with E-state index >= 15 is 0 Å². The zero-order valence-electron chi connectivity index (χ0n) is 21.0. The van der Waals surface area contributed by atoms with E-state index in [-0.39, 0.29) is 6.54 Å². The molecule has 2 aliphatic heterocycles. The third-order valence-corrected chi connectivity index (χ3v) is 8.04. The Kier molecular flexibility index (Phi) is 8.75. The van der Waals surface area contributed by atoms with Gasteiger partial charge in [0.15, 0.2) is 0 Å². The van der Waals surface area contributed by atoms with Crippen LogP contribution in [0, 0.1) is 0 Å². The molecule has 37 heavy (non-hydrogen) atoms. The highest BCUT2D eigenvalue weighted by Gasteiger charge is 2.31. The van der Waals surface area contributed by atoms with Crippen LogP contribution in [0.2, 0.25) is 0 Å². The molecular weight excluding hydrogens is 507 g/mol. The predicted octanol–water partition coefficient (Wildman–Crippen LogP) is 3.02. The fourth-order valence-corrected chi connectivity index (χ4v) is 5.53. The molecule has 0 unspecified atom stereocenters. The second-order valence-electron chi connectivity index (χ2n) is 9.45. The predicted molar refractivity (Wildman–Crippen MR) is 138 cm³/mol. The van der Waals surface area contributed by atoms with Gasteiger partial charge < -0.3 is 20.0 Å². The Hall–Kier alpha value is -2.64. The molecule has 2 N–H and O–H groups in total. The molecule has 204 valence electrons. The van der Waals surface area contributed by atoms with Gasteiger partial charge in [0.25, 0.3) is 0 Å². The summed E-state index contributed by atoms with van der Waals surface area (Å²) in [5.41, 5.74) is -0.996. The van der Waals surface area contributed by atoms with Crippen LogP contribution >= 0.6 is 0 Å². The quantitative estimate of drug-likeness (QED) is 0.449. The molecule has 4 rings (SSSR count). The maximum atomic E-state index is 12.9. The number of benzene rings is 1. The molecule has 2 saturated heterocycles. The number of hydrogen-bond donors (Lipinski definition) is 2. The van der Waals surface area contributed by atoms with Gasteiger partial charge in [-0.1, -0.05) is 6.07 Å². The van der Waals surface area contributed by atoms with Gasteiger partial charge in [0.1, 0.15) is 11.6 Å². The first-order valence-corrected chi connectivity index (χ1v) is 14.1. The van der Waals surface area contributed by atoms with Crippen molar-refractivity contribution in [3.8, 4) is 0 Å². The maximum absolute atomic E-state index is 12.9. The molecule has 0 atom stereocenters. The molecular formula is C24H34F3N7O2S. The summed E-state index contributed by atoms with van der Waals surface area (Å²) in [5.74, 6) is 2.45. The summed E-state index contributed by atoms with van der Waals surface area (Å²) in [7, 11) is -2.19. The van der Waals surface area contributed by atoms with Crippen LogP contribution in [0.1, 0.15) is 31.2 Å². The van der Waals surface area contributed by atoms with Gasteiger partial charge in [0, 0.05) is 58.4 Å². The number of nitrogens with zero attached hydrogens (tertiary/aromatic N) is 5. The van der Waals surface area contributed by atoms with E-state index in [1.165, 1.54) is 0 Å². The average molecular weight is 542 g/mol. The Morgan fingerprint density at radius 1 is 0.946 bits per heavy atom. The van der Waals surface area contributed by atoms with Gasteiger partial charge in [0.2, 0.25) is 16.0 Å². The number of hydrogen-bond acceptors (Lipinski definition) is 8. The zero-order chi connectivity index (χ0) is 26.5. The van der Waals surface area contributed by atoms with Gasteiger partial charge >= 0.3 is 6.18 Å². The van der Waals surface area contributed by atoms with Gasteiger partial charge in [-0.3, -0.25) is 0 Å². The number of rotatable bonds is 11. The lowest BCUT2D eigenvalue weighted by atomic mass is 10.2. The molecule has 1 aromatic carbocycles. The van der Waals surface area contributed by atoms with Crippen molar-refractivity contribution in [2.45, 2.75) is 36.8 Å².